The third kappa shape index (κ3) is 4.12. The van der Waals surface area contributed by atoms with Crippen molar-refractivity contribution in [3.8, 4) is 28.1 Å². The lowest BCUT2D eigenvalue weighted by atomic mass is 9.90. The average molecular weight is 530 g/mol. The summed E-state index contributed by atoms with van der Waals surface area (Å²) >= 11 is 0. The number of imidazole rings is 1. The van der Waals surface area contributed by atoms with Crippen molar-refractivity contribution in [1.82, 2.24) is 34.2 Å². The molecule has 0 spiro atoms. The zero-order chi connectivity index (χ0) is 27.2. The average Bonchev–Trinajstić information content (AvgIpc) is 3.57. The molecule has 7 rings (SSSR count). The highest BCUT2D eigenvalue weighted by molar-refractivity contribution is 6.04. The molecule has 1 fully saturated rings. The van der Waals surface area contributed by atoms with Gasteiger partial charge in [0.15, 0.2) is 0 Å². The Kier molecular flexibility index (Phi) is 6.04. The molecule has 8 nitrogen and oxygen atoms in total. The van der Waals surface area contributed by atoms with Crippen LogP contribution in [0.3, 0.4) is 0 Å². The van der Waals surface area contributed by atoms with Gasteiger partial charge in [0.05, 0.1) is 40.3 Å². The Bertz CT molecular complexity index is 1890. The van der Waals surface area contributed by atoms with Gasteiger partial charge in [0.25, 0.3) is 0 Å². The van der Waals surface area contributed by atoms with Crippen molar-refractivity contribution >= 4 is 21.9 Å². The van der Waals surface area contributed by atoms with Crippen molar-refractivity contribution in [2.24, 2.45) is 7.05 Å². The zero-order valence-electron chi connectivity index (χ0n) is 22.7. The number of fused-ring (bicyclic) bond motifs is 3. The van der Waals surface area contributed by atoms with Crippen LogP contribution in [0.25, 0.3) is 50.0 Å². The molecule has 2 aromatic carbocycles. The molecule has 200 valence electrons. The lowest BCUT2D eigenvalue weighted by Crippen LogP contribution is -2.26. The van der Waals surface area contributed by atoms with Crippen molar-refractivity contribution < 1.29 is 0 Å². The molecule has 1 aliphatic rings. The molecule has 1 N–H and O–H groups in total. The van der Waals surface area contributed by atoms with Crippen LogP contribution in [0.5, 0.6) is 0 Å². The van der Waals surface area contributed by atoms with E-state index >= 15 is 0 Å². The van der Waals surface area contributed by atoms with E-state index in [1.54, 1.807) is 9.25 Å². The number of nitrogens with zero attached hydrogens (tertiary/aromatic N) is 6. The highest BCUT2D eigenvalue weighted by Crippen LogP contribution is 2.31. The molecule has 6 aromatic rings. The van der Waals surface area contributed by atoms with E-state index in [4.69, 9.17) is 9.97 Å². The van der Waals surface area contributed by atoms with Gasteiger partial charge < -0.3 is 5.32 Å². The summed E-state index contributed by atoms with van der Waals surface area (Å²) < 4.78 is 5.43. The number of hydrogen-bond donors (Lipinski definition) is 1. The fourth-order valence-electron chi connectivity index (χ4n) is 5.98. The summed E-state index contributed by atoms with van der Waals surface area (Å²) in [4.78, 5) is 23.2. The molecule has 0 amide bonds. The minimum atomic E-state index is -0.0469. The third-order valence-corrected chi connectivity index (χ3v) is 8.13. The number of rotatable bonds is 5. The lowest BCUT2D eigenvalue weighted by molar-refractivity contribution is 0.460. The highest BCUT2D eigenvalue weighted by atomic mass is 16.1. The molecule has 0 bridgehead atoms. The van der Waals surface area contributed by atoms with E-state index in [9.17, 15) is 4.79 Å². The van der Waals surface area contributed by atoms with Gasteiger partial charge in [-0.3, -0.25) is 23.8 Å². The Morgan fingerprint density at radius 1 is 0.900 bits per heavy atom. The van der Waals surface area contributed by atoms with Crippen molar-refractivity contribution in [2.75, 3.05) is 13.1 Å². The Hall–Kier alpha value is -4.56. The maximum Gasteiger partial charge on any atom is 0.333 e. The number of hydrogen-bond acceptors (Lipinski definition) is 5. The molecule has 0 atom stereocenters. The zero-order valence-corrected chi connectivity index (χ0v) is 22.7. The summed E-state index contributed by atoms with van der Waals surface area (Å²) in [6, 6.07) is 18.9. The number of piperidine rings is 1. The molecule has 8 heteroatoms. The second-order valence-electron chi connectivity index (χ2n) is 10.5. The molecular weight excluding hydrogens is 498 g/mol. The summed E-state index contributed by atoms with van der Waals surface area (Å²) in [5, 5.41) is 8.64. The van der Waals surface area contributed by atoms with Crippen molar-refractivity contribution in [3.05, 3.63) is 95.4 Å². The smallest absolute Gasteiger partial charge is 0.317 e. The topological polar surface area (TPSA) is 82.6 Å². The Labute approximate surface area is 231 Å². The number of nitrogens with one attached hydrogen (secondary N) is 1. The first-order valence-electron chi connectivity index (χ1n) is 13.9. The van der Waals surface area contributed by atoms with E-state index in [2.05, 4.69) is 52.9 Å². The van der Waals surface area contributed by atoms with Gasteiger partial charge >= 0.3 is 5.69 Å². The summed E-state index contributed by atoms with van der Waals surface area (Å²) in [7, 11) is 1.90. The molecule has 1 aliphatic heterocycles. The molecule has 0 unspecified atom stereocenters. The first-order chi connectivity index (χ1) is 19.6. The van der Waals surface area contributed by atoms with Crippen LogP contribution >= 0.6 is 0 Å². The van der Waals surface area contributed by atoms with Gasteiger partial charge in [-0.2, -0.15) is 5.10 Å². The lowest BCUT2D eigenvalue weighted by Gasteiger charge is -2.23. The predicted molar refractivity (Wildman–Crippen MR) is 159 cm³/mol. The van der Waals surface area contributed by atoms with Crippen LogP contribution in [0, 0.1) is 0 Å². The van der Waals surface area contributed by atoms with Gasteiger partial charge in [-0.25, -0.2) is 4.79 Å². The minimum absolute atomic E-state index is 0.0469. The van der Waals surface area contributed by atoms with E-state index in [0.29, 0.717) is 12.5 Å². The van der Waals surface area contributed by atoms with Crippen LogP contribution in [0.15, 0.2) is 84.2 Å². The summed E-state index contributed by atoms with van der Waals surface area (Å²) in [5.74, 6) is 0.565. The fraction of sp³-hybridized carbons (Fsp3) is 0.250. The summed E-state index contributed by atoms with van der Waals surface area (Å²) in [6.07, 6.45) is 9.78. The second-order valence-corrected chi connectivity index (χ2v) is 10.5. The van der Waals surface area contributed by atoms with Crippen molar-refractivity contribution in [3.63, 3.8) is 0 Å². The van der Waals surface area contributed by atoms with E-state index in [0.717, 1.165) is 75.9 Å². The van der Waals surface area contributed by atoms with Crippen LogP contribution in [-0.2, 0) is 13.6 Å². The second kappa shape index (κ2) is 9.88. The van der Waals surface area contributed by atoms with Crippen molar-refractivity contribution in [1.29, 1.82) is 0 Å². The van der Waals surface area contributed by atoms with Gasteiger partial charge in [0.2, 0.25) is 0 Å². The van der Waals surface area contributed by atoms with E-state index in [-0.39, 0.29) is 5.69 Å². The van der Waals surface area contributed by atoms with Gasteiger partial charge in [0.1, 0.15) is 0 Å². The quantitative estimate of drug-likeness (QED) is 0.328. The summed E-state index contributed by atoms with van der Waals surface area (Å²) in [6.45, 7) is 4.68. The van der Waals surface area contributed by atoms with Crippen LogP contribution in [0.1, 0.15) is 31.2 Å². The summed E-state index contributed by atoms with van der Waals surface area (Å²) in [5.41, 5.74) is 8.63. The number of aromatic nitrogens is 6. The molecule has 0 aliphatic carbocycles. The van der Waals surface area contributed by atoms with E-state index in [1.807, 2.05) is 55.5 Å². The third-order valence-electron chi connectivity index (χ3n) is 8.13. The van der Waals surface area contributed by atoms with Gasteiger partial charge in [-0.05, 0) is 80.2 Å². The molecule has 4 aromatic heterocycles. The number of pyridine rings is 2. The molecule has 0 radical (unpaired) electrons. The van der Waals surface area contributed by atoms with Crippen molar-refractivity contribution in [2.45, 2.75) is 32.2 Å². The SMILES string of the molecule is CCn1c(=O)n(-c2ccc(C3CCNCC3)cc2)c2c3cc(-c4ccc(-c5cnn(C)c5)nc4)ccc3ncc21. The molecule has 1 saturated heterocycles. The van der Waals surface area contributed by atoms with Gasteiger partial charge in [-0.15, -0.1) is 0 Å². The number of benzene rings is 2. The Morgan fingerprint density at radius 2 is 1.70 bits per heavy atom. The number of aryl methyl sites for hydroxylation is 2. The van der Waals surface area contributed by atoms with Gasteiger partial charge in [0, 0.05) is 42.5 Å². The largest absolute Gasteiger partial charge is 0.333 e. The fourth-order valence-corrected chi connectivity index (χ4v) is 5.98. The van der Waals surface area contributed by atoms with Gasteiger partial charge in [-0.1, -0.05) is 24.3 Å². The maximum absolute atomic E-state index is 13.8. The first kappa shape index (κ1) is 24.5. The predicted octanol–water partition coefficient (Wildman–Crippen LogP) is 5.29. The standard InChI is InChI=1S/C32H31N7O/c1-3-38-30-19-35-29-11-6-23(24-7-10-28(34-17-24)25-18-36-37(2)20-25)16-27(29)31(30)39(32(38)40)26-8-4-21(5-9-26)22-12-14-33-15-13-22/h4-11,16-20,22,33H,3,12-15H2,1-2H3. The highest BCUT2D eigenvalue weighted by Gasteiger charge is 2.19. The van der Waals surface area contributed by atoms with E-state index < -0.39 is 0 Å². The monoisotopic (exact) mass is 529 g/mol. The normalized spacial score (nSPS) is 14.3. The Balaban J connectivity index is 1.35. The minimum Gasteiger partial charge on any atom is -0.317 e. The molecule has 0 saturated carbocycles. The molecule has 5 heterocycles. The van der Waals surface area contributed by atoms with Crippen LogP contribution in [-0.4, -0.2) is 42.0 Å². The maximum atomic E-state index is 13.8. The van der Waals surface area contributed by atoms with Crippen LogP contribution in [0.2, 0.25) is 0 Å². The van der Waals surface area contributed by atoms with E-state index in [1.165, 1.54) is 5.56 Å². The first-order valence-corrected chi connectivity index (χ1v) is 13.9. The molecular formula is C32H31N7O. The van der Waals surface area contributed by atoms with Crippen LogP contribution in [0.4, 0.5) is 0 Å². The Morgan fingerprint density at radius 3 is 2.40 bits per heavy atom. The van der Waals surface area contributed by atoms with Crippen LogP contribution < -0.4 is 11.0 Å². The molecule has 40 heavy (non-hydrogen) atoms.